The maximum absolute atomic E-state index is 13.0. The molecule has 1 aromatic carbocycles. The van der Waals surface area contributed by atoms with Gasteiger partial charge in [-0.1, -0.05) is 17.7 Å². The van der Waals surface area contributed by atoms with E-state index in [1.807, 2.05) is 0 Å². The molecule has 1 N–H and O–H groups in total. The van der Waals surface area contributed by atoms with E-state index in [9.17, 15) is 9.18 Å². The molecule has 6 heteroatoms. The number of methoxy groups -OCH3 is 1. The van der Waals surface area contributed by atoms with Gasteiger partial charge < -0.3 is 14.8 Å². The minimum absolute atomic E-state index is 0.0826. The average Bonchev–Trinajstić information content (AvgIpc) is 2.90. The summed E-state index contributed by atoms with van der Waals surface area (Å²) < 4.78 is 23.9. The standard InChI is InChI=1S/C16H19ClFNO3/c1-21-8-12-15(11-4-5-22-16(11)12)19-14(20)6-9-2-3-10(18)7-13(9)17/h2-3,7,11-12,15-16H,4-6,8H2,1H3,(H,19,20)/t11-,12+,15+,16-/m0/s1. The average molecular weight is 328 g/mol. The zero-order chi connectivity index (χ0) is 15.7. The quantitative estimate of drug-likeness (QED) is 0.902. The molecule has 2 fully saturated rings. The monoisotopic (exact) mass is 327 g/mol. The van der Waals surface area contributed by atoms with Gasteiger partial charge in [-0.3, -0.25) is 4.79 Å². The molecule has 1 aliphatic heterocycles. The molecule has 120 valence electrons. The summed E-state index contributed by atoms with van der Waals surface area (Å²) in [5.74, 6) is 0.0575. The molecule has 0 aromatic heterocycles. The third-order valence-corrected chi connectivity index (χ3v) is 4.93. The van der Waals surface area contributed by atoms with Crippen LogP contribution in [-0.2, 0) is 20.7 Å². The highest BCUT2D eigenvalue weighted by Gasteiger charge is 2.54. The number of hydrogen-bond donors (Lipinski definition) is 1. The topological polar surface area (TPSA) is 47.6 Å². The smallest absolute Gasteiger partial charge is 0.224 e. The van der Waals surface area contributed by atoms with E-state index in [-0.39, 0.29) is 35.4 Å². The zero-order valence-corrected chi connectivity index (χ0v) is 13.1. The molecule has 1 amide bonds. The zero-order valence-electron chi connectivity index (χ0n) is 12.4. The molecule has 0 unspecified atom stereocenters. The highest BCUT2D eigenvalue weighted by Crippen LogP contribution is 2.43. The van der Waals surface area contributed by atoms with Crippen molar-refractivity contribution >= 4 is 17.5 Å². The van der Waals surface area contributed by atoms with Crippen molar-refractivity contribution in [2.75, 3.05) is 20.3 Å². The van der Waals surface area contributed by atoms with Crippen LogP contribution in [0, 0.1) is 17.7 Å². The highest BCUT2D eigenvalue weighted by atomic mass is 35.5. The number of halogens is 2. The van der Waals surface area contributed by atoms with Crippen molar-refractivity contribution in [1.29, 1.82) is 0 Å². The van der Waals surface area contributed by atoms with Gasteiger partial charge in [0, 0.05) is 36.6 Å². The van der Waals surface area contributed by atoms with E-state index in [1.54, 1.807) is 13.2 Å². The summed E-state index contributed by atoms with van der Waals surface area (Å²) in [4.78, 5) is 12.2. The Balaban J connectivity index is 1.61. The number of benzene rings is 1. The Morgan fingerprint density at radius 2 is 2.36 bits per heavy atom. The van der Waals surface area contributed by atoms with Gasteiger partial charge in [0.05, 0.1) is 19.1 Å². The molecule has 4 atom stereocenters. The first-order valence-electron chi connectivity index (χ1n) is 7.44. The summed E-state index contributed by atoms with van der Waals surface area (Å²) in [6.45, 7) is 1.31. The Kier molecular flexibility index (Phi) is 4.66. The highest BCUT2D eigenvalue weighted by molar-refractivity contribution is 6.31. The van der Waals surface area contributed by atoms with E-state index < -0.39 is 5.82 Å². The summed E-state index contributed by atoms with van der Waals surface area (Å²) in [5.41, 5.74) is 0.627. The van der Waals surface area contributed by atoms with Crippen molar-refractivity contribution in [2.24, 2.45) is 11.8 Å². The molecule has 1 aromatic rings. The number of hydrogen-bond acceptors (Lipinski definition) is 3. The van der Waals surface area contributed by atoms with Crippen LogP contribution in [0.2, 0.25) is 5.02 Å². The molecular weight excluding hydrogens is 309 g/mol. The Hall–Kier alpha value is -1.17. The van der Waals surface area contributed by atoms with Crippen LogP contribution in [0.5, 0.6) is 0 Å². The van der Waals surface area contributed by atoms with Crippen LogP contribution in [0.3, 0.4) is 0 Å². The number of carbonyl (C=O) groups excluding carboxylic acids is 1. The first kappa shape index (κ1) is 15.7. The minimum Gasteiger partial charge on any atom is -0.384 e. The van der Waals surface area contributed by atoms with E-state index in [4.69, 9.17) is 21.1 Å². The van der Waals surface area contributed by atoms with Gasteiger partial charge in [0.15, 0.2) is 0 Å². The van der Waals surface area contributed by atoms with Crippen LogP contribution in [-0.4, -0.2) is 38.4 Å². The van der Waals surface area contributed by atoms with E-state index in [0.29, 0.717) is 18.1 Å². The lowest BCUT2D eigenvalue weighted by Gasteiger charge is -2.47. The van der Waals surface area contributed by atoms with Crippen LogP contribution in [0.25, 0.3) is 0 Å². The lowest BCUT2D eigenvalue weighted by atomic mass is 9.67. The number of fused-ring (bicyclic) bond motifs is 1. The predicted octanol–water partition coefficient (Wildman–Crippen LogP) is 2.19. The van der Waals surface area contributed by atoms with Crippen LogP contribution in [0.15, 0.2) is 18.2 Å². The van der Waals surface area contributed by atoms with Gasteiger partial charge in [-0.15, -0.1) is 0 Å². The van der Waals surface area contributed by atoms with Crippen molar-refractivity contribution in [3.8, 4) is 0 Å². The van der Waals surface area contributed by atoms with Gasteiger partial charge >= 0.3 is 0 Å². The van der Waals surface area contributed by atoms with Crippen molar-refractivity contribution in [3.05, 3.63) is 34.6 Å². The maximum atomic E-state index is 13.0. The van der Waals surface area contributed by atoms with Gasteiger partial charge in [0.1, 0.15) is 5.82 Å². The maximum Gasteiger partial charge on any atom is 0.224 e. The Labute approximate surface area is 133 Å². The third kappa shape index (κ3) is 2.98. The lowest BCUT2D eigenvalue weighted by molar-refractivity contribution is -0.129. The molecule has 0 radical (unpaired) electrons. The molecule has 2 aliphatic rings. The van der Waals surface area contributed by atoms with Crippen LogP contribution in [0.1, 0.15) is 12.0 Å². The van der Waals surface area contributed by atoms with Crippen molar-refractivity contribution in [1.82, 2.24) is 5.32 Å². The van der Waals surface area contributed by atoms with Crippen molar-refractivity contribution in [3.63, 3.8) is 0 Å². The van der Waals surface area contributed by atoms with Crippen LogP contribution < -0.4 is 5.32 Å². The normalized spacial score (nSPS) is 29.8. The van der Waals surface area contributed by atoms with Gasteiger partial charge in [0.2, 0.25) is 5.91 Å². The molecule has 1 saturated carbocycles. The second-order valence-electron chi connectivity index (χ2n) is 5.91. The summed E-state index contributed by atoms with van der Waals surface area (Å²) in [5, 5.41) is 3.34. The second kappa shape index (κ2) is 6.52. The first-order valence-corrected chi connectivity index (χ1v) is 7.81. The lowest BCUT2D eigenvalue weighted by Crippen LogP contribution is -2.62. The molecule has 0 spiro atoms. The van der Waals surface area contributed by atoms with Crippen LogP contribution >= 0.6 is 11.6 Å². The summed E-state index contributed by atoms with van der Waals surface area (Å²) in [7, 11) is 1.65. The van der Waals surface area contributed by atoms with Crippen molar-refractivity contribution in [2.45, 2.75) is 25.0 Å². The minimum atomic E-state index is -0.403. The molecule has 3 rings (SSSR count). The first-order chi connectivity index (χ1) is 10.6. The second-order valence-corrected chi connectivity index (χ2v) is 6.32. The van der Waals surface area contributed by atoms with Crippen LogP contribution in [0.4, 0.5) is 4.39 Å². The number of amides is 1. The fraction of sp³-hybridized carbons (Fsp3) is 0.562. The van der Waals surface area contributed by atoms with Gasteiger partial charge in [-0.2, -0.15) is 0 Å². The molecule has 22 heavy (non-hydrogen) atoms. The fourth-order valence-corrected chi connectivity index (χ4v) is 3.74. The molecule has 4 nitrogen and oxygen atoms in total. The van der Waals surface area contributed by atoms with E-state index in [2.05, 4.69) is 5.32 Å². The van der Waals surface area contributed by atoms with Gasteiger partial charge in [-0.25, -0.2) is 4.39 Å². The molecular formula is C16H19ClFNO3. The summed E-state index contributed by atoms with van der Waals surface area (Å²) in [6.07, 6.45) is 1.31. The molecule has 1 aliphatic carbocycles. The molecule has 0 bridgehead atoms. The summed E-state index contributed by atoms with van der Waals surface area (Å²) in [6, 6.07) is 4.17. The number of rotatable bonds is 5. The van der Waals surface area contributed by atoms with Crippen molar-refractivity contribution < 1.29 is 18.7 Å². The Morgan fingerprint density at radius 1 is 1.55 bits per heavy atom. The number of carbonyl (C=O) groups is 1. The molecule has 1 heterocycles. The number of nitrogens with one attached hydrogen (secondary N) is 1. The summed E-state index contributed by atoms with van der Waals surface area (Å²) >= 11 is 5.97. The predicted molar refractivity (Wildman–Crippen MR) is 80.3 cm³/mol. The fourth-order valence-electron chi connectivity index (χ4n) is 3.51. The van der Waals surface area contributed by atoms with E-state index >= 15 is 0 Å². The molecule has 1 saturated heterocycles. The number of ether oxygens (including phenoxy) is 2. The van der Waals surface area contributed by atoms with Gasteiger partial charge in [-0.05, 0) is 24.1 Å². The van der Waals surface area contributed by atoms with E-state index in [1.165, 1.54) is 12.1 Å². The largest absolute Gasteiger partial charge is 0.384 e. The SMILES string of the molecule is COC[C@@H]1[C@H](NC(=O)Cc2ccc(F)cc2Cl)[C@@H]2CCO[C@H]12. The van der Waals surface area contributed by atoms with Gasteiger partial charge in [0.25, 0.3) is 0 Å². The Morgan fingerprint density at radius 3 is 3.09 bits per heavy atom. The van der Waals surface area contributed by atoms with E-state index in [0.717, 1.165) is 13.0 Å². The Bertz CT molecular complexity index is 568. The third-order valence-electron chi connectivity index (χ3n) is 4.58.